The van der Waals surface area contributed by atoms with Crippen LogP contribution in [0.5, 0.6) is 5.75 Å². The summed E-state index contributed by atoms with van der Waals surface area (Å²) < 4.78 is 10.6. The number of Topliss-reactive ketones (excluding diaryl/α,β-unsaturated/α-hetero) is 1. The monoisotopic (exact) mass is 523 g/mol. The van der Waals surface area contributed by atoms with Crippen molar-refractivity contribution in [1.29, 1.82) is 0 Å². The van der Waals surface area contributed by atoms with Crippen molar-refractivity contribution in [3.63, 3.8) is 0 Å². The Morgan fingerprint density at radius 3 is 2.26 bits per heavy atom. The first kappa shape index (κ1) is 27.8. The van der Waals surface area contributed by atoms with E-state index in [-0.39, 0.29) is 12.2 Å². The lowest BCUT2D eigenvalue weighted by Crippen LogP contribution is -2.63. The zero-order valence-corrected chi connectivity index (χ0v) is 22.2. The fourth-order valence-corrected chi connectivity index (χ4v) is 4.84. The van der Waals surface area contributed by atoms with E-state index < -0.39 is 41.1 Å². The third-order valence-electron chi connectivity index (χ3n) is 7.34. The van der Waals surface area contributed by atoms with Gasteiger partial charge < -0.3 is 30.5 Å². The van der Waals surface area contributed by atoms with Crippen LogP contribution < -0.4 is 20.7 Å². The van der Waals surface area contributed by atoms with Crippen molar-refractivity contribution in [3.8, 4) is 5.75 Å². The van der Waals surface area contributed by atoms with Crippen molar-refractivity contribution in [3.05, 3.63) is 65.7 Å². The molecule has 2 aromatic carbocycles. The maximum Gasteiger partial charge on any atom is 0.243 e. The molecule has 0 aliphatic carbocycles. The number of ketones is 1. The molecule has 2 aliphatic rings. The summed E-state index contributed by atoms with van der Waals surface area (Å²) >= 11 is 0. The Balaban J connectivity index is 1.55. The van der Waals surface area contributed by atoms with E-state index in [4.69, 9.17) is 9.47 Å². The lowest BCUT2D eigenvalue weighted by atomic mass is 9.87. The topological polar surface area (TPSA) is 129 Å². The Morgan fingerprint density at radius 1 is 1.03 bits per heavy atom. The highest BCUT2D eigenvalue weighted by Gasteiger charge is 2.50. The normalized spacial score (nSPS) is 26.1. The summed E-state index contributed by atoms with van der Waals surface area (Å²) in [5.74, 6) is -0.483. The molecule has 38 heavy (non-hydrogen) atoms. The number of piperidine rings is 1. The van der Waals surface area contributed by atoms with E-state index in [9.17, 15) is 19.5 Å². The molecule has 204 valence electrons. The molecular weight excluding hydrogens is 486 g/mol. The van der Waals surface area contributed by atoms with Gasteiger partial charge in [0.1, 0.15) is 23.4 Å². The third-order valence-corrected chi connectivity index (χ3v) is 7.34. The van der Waals surface area contributed by atoms with Crippen LogP contribution in [0, 0.1) is 0 Å². The average molecular weight is 524 g/mol. The van der Waals surface area contributed by atoms with E-state index in [1.54, 1.807) is 33.1 Å². The molecule has 0 bridgehead atoms. The molecule has 0 aromatic heterocycles. The van der Waals surface area contributed by atoms with Crippen LogP contribution in [0.25, 0.3) is 0 Å². The number of methoxy groups -OCH3 is 1. The second-order valence-electron chi connectivity index (χ2n) is 10.6. The second kappa shape index (κ2) is 11.6. The van der Waals surface area contributed by atoms with Gasteiger partial charge >= 0.3 is 0 Å². The number of benzene rings is 2. The minimum atomic E-state index is -1.24. The number of epoxide rings is 1. The van der Waals surface area contributed by atoms with Gasteiger partial charge in [0.2, 0.25) is 11.8 Å². The second-order valence-corrected chi connectivity index (χ2v) is 10.6. The molecule has 0 radical (unpaired) electrons. The Morgan fingerprint density at radius 2 is 1.66 bits per heavy atom. The highest BCUT2D eigenvalue weighted by Crippen LogP contribution is 2.29. The number of hydrogen-bond acceptors (Lipinski definition) is 7. The Hall–Kier alpha value is -3.27. The quantitative estimate of drug-likeness (QED) is 0.327. The van der Waals surface area contributed by atoms with Gasteiger partial charge in [0.15, 0.2) is 5.78 Å². The van der Waals surface area contributed by atoms with Crippen molar-refractivity contribution in [2.75, 3.05) is 20.3 Å². The number of nitrogens with one attached hydrogen (secondary N) is 3. The van der Waals surface area contributed by atoms with Crippen LogP contribution >= 0.6 is 0 Å². The molecule has 2 fully saturated rings. The first-order valence-corrected chi connectivity index (χ1v) is 13.0. The largest absolute Gasteiger partial charge is 0.497 e. The van der Waals surface area contributed by atoms with E-state index in [2.05, 4.69) is 16.0 Å². The van der Waals surface area contributed by atoms with E-state index >= 15 is 0 Å². The van der Waals surface area contributed by atoms with Gasteiger partial charge in [0, 0.05) is 6.42 Å². The number of hydrogen-bond donors (Lipinski definition) is 4. The first-order valence-electron chi connectivity index (χ1n) is 13.0. The van der Waals surface area contributed by atoms with Crippen molar-refractivity contribution < 1.29 is 29.0 Å². The standard InChI is InChI=1S/C29H37N3O6/c1-28(36)14-7-15-30-24(28)27(35)32-23(17-20-10-12-21(37-3)13-11-20)26(34)31-22(25(33)29(2)18-38-29)16-19-8-5-4-6-9-19/h4-6,8-13,22-24,30,36H,7,14-18H2,1-3H3,(H,31,34)(H,32,35). The minimum absolute atomic E-state index is 0.191. The van der Waals surface area contributed by atoms with Gasteiger partial charge in [-0.15, -0.1) is 0 Å². The molecule has 4 N–H and O–H groups in total. The van der Waals surface area contributed by atoms with Crippen LogP contribution in [0.3, 0.4) is 0 Å². The highest BCUT2D eigenvalue weighted by molar-refractivity contribution is 5.98. The lowest BCUT2D eigenvalue weighted by Gasteiger charge is -2.37. The maximum absolute atomic E-state index is 13.7. The zero-order valence-electron chi connectivity index (χ0n) is 22.2. The number of ether oxygens (including phenoxy) is 2. The van der Waals surface area contributed by atoms with Crippen LogP contribution in [0.15, 0.2) is 54.6 Å². The summed E-state index contributed by atoms with van der Waals surface area (Å²) in [7, 11) is 1.57. The minimum Gasteiger partial charge on any atom is -0.497 e. The number of rotatable bonds is 11. The Kier molecular flexibility index (Phi) is 8.50. The molecule has 9 heteroatoms. The van der Waals surface area contributed by atoms with E-state index in [0.29, 0.717) is 31.7 Å². The van der Waals surface area contributed by atoms with Crippen molar-refractivity contribution in [2.45, 2.75) is 68.9 Å². The summed E-state index contributed by atoms with van der Waals surface area (Å²) in [4.78, 5) is 40.2. The summed E-state index contributed by atoms with van der Waals surface area (Å²) in [6.07, 6.45) is 1.71. The zero-order chi connectivity index (χ0) is 27.3. The summed E-state index contributed by atoms with van der Waals surface area (Å²) in [6, 6.07) is 14.0. The number of aliphatic hydroxyl groups is 1. The molecule has 2 saturated heterocycles. The molecule has 5 atom stereocenters. The smallest absolute Gasteiger partial charge is 0.243 e. The number of amides is 2. The molecule has 4 rings (SSSR count). The van der Waals surface area contributed by atoms with Gasteiger partial charge in [0.25, 0.3) is 0 Å². The van der Waals surface area contributed by atoms with E-state index in [1.807, 2.05) is 42.5 Å². The van der Waals surface area contributed by atoms with Crippen LogP contribution in [0.2, 0.25) is 0 Å². The predicted molar refractivity (Wildman–Crippen MR) is 142 cm³/mol. The average Bonchev–Trinajstić information content (AvgIpc) is 3.66. The van der Waals surface area contributed by atoms with Crippen LogP contribution in [0.1, 0.15) is 37.8 Å². The summed E-state index contributed by atoms with van der Waals surface area (Å²) in [6.45, 7) is 4.23. The summed E-state index contributed by atoms with van der Waals surface area (Å²) in [5.41, 5.74) is -0.467. The predicted octanol–water partition coefficient (Wildman–Crippen LogP) is 1.31. The lowest BCUT2D eigenvalue weighted by molar-refractivity contribution is -0.136. The van der Waals surface area contributed by atoms with Crippen molar-refractivity contribution >= 4 is 17.6 Å². The van der Waals surface area contributed by atoms with E-state index in [0.717, 1.165) is 17.5 Å². The Labute approximate surface area is 223 Å². The molecular formula is C29H37N3O6. The van der Waals surface area contributed by atoms with Crippen LogP contribution in [0.4, 0.5) is 0 Å². The first-order chi connectivity index (χ1) is 18.1. The van der Waals surface area contributed by atoms with Gasteiger partial charge in [-0.1, -0.05) is 42.5 Å². The number of carbonyl (C=O) groups excluding carboxylic acids is 3. The molecule has 5 unspecified atom stereocenters. The van der Waals surface area contributed by atoms with Crippen LogP contribution in [-0.4, -0.2) is 72.3 Å². The van der Waals surface area contributed by atoms with Gasteiger partial charge in [0.05, 0.1) is 25.4 Å². The van der Waals surface area contributed by atoms with Gasteiger partial charge in [-0.3, -0.25) is 14.4 Å². The highest BCUT2D eigenvalue weighted by atomic mass is 16.6. The molecule has 0 spiro atoms. The maximum atomic E-state index is 13.7. The molecule has 0 saturated carbocycles. The van der Waals surface area contributed by atoms with Crippen molar-refractivity contribution in [1.82, 2.24) is 16.0 Å². The van der Waals surface area contributed by atoms with Crippen molar-refractivity contribution in [2.24, 2.45) is 0 Å². The summed E-state index contributed by atoms with van der Waals surface area (Å²) in [5, 5.41) is 19.6. The molecule has 2 aliphatic heterocycles. The van der Waals surface area contributed by atoms with Gasteiger partial charge in [-0.05, 0) is 62.9 Å². The third kappa shape index (κ3) is 6.78. The molecule has 2 heterocycles. The molecule has 9 nitrogen and oxygen atoms in total. The fourth-order valence-electron chi connectivity index (χ4n) is 4.84. The van der Waals surface area contributed by atoms with Gasteiger partial charge in [-0.2, -0.15) is 0 Å². The van der Waals surface area contributed by atoms with E-state index in [1.165, 1.54) is 0 Å². The molecule has 2 amide bonds. The molecule has 2 aromatic rings. The fraction of sp³-hybridized carbons (Fsp3) is 0.483. The Bertz CT molecular complexity index is 1130. The van der Waals surface area contributed by atoms with Crippen LogP contribution in [-0.2, 0) is 32.0 Å². The van der Waals surface area contributed by atoms with Gasteiger partial charge in [-0.25, -0.2) is 0 Å². The SMILES string of the molecule is COc1ccc(CC(NC(=O)C2NCCCC2(C)O)C(=O)NC(Cc2ccccc2)C(=O)C2(C)CO2)cc1. The number of carbonyl (C=O) groups is 3.